The lowest BCUT2D eigenvalue weighted by molar-refractivity contribution is -0.113. The fraction of sp³-hybridized carbons (Fsp3) is 0.100. The Hall–Kier alpha value is -2.79. The van der Waals surface area contributed by atoms with Crippen LogP contribution in [0.1, 0.15) is 12.5 Å². The van der Waals surface area contributed by atoms with Crippen LogP contribution in [0, 0.1) is 0 Å². The van der Waals surface area contributed by atoms with E-state index in [1.54, 1.807) is 37.5 Å². The molecule has 2 amide bonds. The average Bonchev–Trinajstić information content (AvgIpc) is 2.89. The molecule has 2 aromatic rings. The minimum Gasteiger partial charge on any atom is -0.497 e. The monoisotopic (exact) mass is 351 g/mol. The lowest BCUT2D eigenvalue weighted by atomic mass is 10.1. The molecule has 25 heavy (non-hydrogen) atoms. The number of methoxy groups -OCH3 is 1. The molecule has 1 saturated heterocycles. The second kappa shape index (κ2) is 7.40. The van der Waals surface area contributed by atoms with Gasteiger partial charge in [-0.15, -0.1) is 0 Å². The summed E-state index contributed by atoms with van der Waals surface area (Å²) in [6, 6.07) is 16.7. The number of rotatable bonds is 4. The standard InChI is InChI=1S/C20H17NO3S/c1-14(12-15-6-4-3-5-7-15)13-18-19(22)21(20(23)25-18)16-8-10-17(24-2)11-9-16/h3-13H,1-2H3/b14-12-,18-13-. The molecule has 3 rings (SSSR count). The highest BCUT2D eigenvalue weighted by molar-refractivity contribution is 8.18. The quantitative estimate of drug-likeness (QED) is 0.736. The average molecular weight is 351 g/mol. The number of benzene rings is 2. The van der Waals surface area contributed by atoms with E-state index in [2.05, 4.69) is 0 Å². The molecule has 1 heterocycles. The second-order valence-corrected chi connectivity index (χ2v) is 6.51. The third-order valence-corrected chi connectivity index (χ3v) is 4.55. The van der Waals surface area contributed by atoms with Crippen molar-refractivity contribution in [2.45, 2.75) is 6.92 Å². The van der Waals surface area contributed by atoms with E-state index in [9.17, 15) is 9.59 Å². The van der Waals surface area contributed by atoms with Gasteiger partial charge >= 0.3 is 0 Å². The van der Waals surface area contributed by atoms with Crippen LogP contribution in [0.25, 0.3) is 6.08 Å². The lowest BCUT2D eigenvalue weighted by Gasteiger charge is -2.12. The lowest BCUT2D eigenvalue weighted by Crippen LogP contribution is -2.27. The van der Waals surface area contributed by atoms with E-state index in [4.69, 9.17) is 4.74 Å². The first-order chi connectivity index (χ1) is 12.1. The van der Waals surface area contributed by atoms with Gasteiger partial charge in [0.1, 0.15) is 5.75 Å². The van der Waals surface area contributed by atoms with Crippen molar-refractivity contribution >= 4 is 34.7 Å². The number of thioether (sulfide) groups is 1. The van der Waals surface area contributed by atoms with Crippen molar-refractivity contribution in [3.05, 3.63) is 76.7 Å². The molecule has 0 saturated carbocycles. The number of nitrogens with zero attached hydrogens (tertiary/aromatic N) is 1. The molecule has 1 aliphatic heterocycles. The number of hydrogen-bond donors (Lipinski definition) is 0. The summed E-state index contributed by atoms with van der Waals surface area (Å²) in [6.45, 7) is 1.91. The molecule has 0 N–H and O–H groups in total. The van der Waals surface area contributed by atoms with Gasteiger partial charge in [-0.25, -0.2) is 4.90 Å². The Morgan fingerprint density at radius 3 is 2.36 bits per heavy atom. The van der Waals surface area contributed by atoms with Gasteiger partial charge in [-0.2, -0.15) is 0 Å². The van der Waals surface area contributed by atoms with E-state index >= 15 is 0 Å². The van der Waals surface area contributed by atoms with Gasteiger partial charge in [0.15, 0.2) is 0 Å². The first kappa shape index (κ1) is 17.0. The summed E-state index contributed by atoms with van der Waals surface area (Å²) in [5.74, 6) is 0.369. The topological polar surface area (TPSA) is 46.6 Å². The highest BCUT2D eigenvalue weighted by atomic mass is 32.2. The van der Waals surface area contributed by atoms with Gasteiger partial charge in [0.25, 0.3) is 11.1 Å². The summed E-state index contributed by atoms with van der Waals surface area (Å²) in [6.07, 6.45) is 3.72. The molecule has 4 nitrogen and oxygen atoms in total. The number of anilines is 1. The summed E-state index contributed by atoms with van der Waals surface area (Å²) in [5, 5.41) is -0.297. The molecule has 2 aromatic carbocycles. The SMILES string of the molecule is COc1ccc(N2C(=O)S/C(=C\C(C)=C/c3ccccc3)C2=O)cc1. The van der Waals surface area contributed by atoms with Crippen molar-refractivity contribution in [1.29, 1.82) is 0 Å². The van der Waals surface area contributed by atoms with Crippen LogP contribution in [0.4, 0.5) is 10.5 Å². The predicted octanol–water partition coefficient (Wildman–Crippen LogP) is 4.88. The second-order valence-electron chi connectivity index (χ2n) is 5.51. The predicted molar refractivity (Wildman–Crippen MR) is 102 cm³/mol. The molecule has 0 aromatic heterocycles. The van der Waals surface area contributed by atoms with Crippen LogP contribution in [0.5, 0.6) is 5.75 Å². The highest BCUT2D eigenvalue weighted by Crippen LogP contribution is 2.35. The van der Waals surface area contributed by atoms with Gasteiger partial charge in [-0.05, 0) is 60.2 Å². The minimum atomic E-state index is -0.305. The van der Waals surface area contributed by atoms with Crippen LogP contribution in [0.2, 0.25) is 0 Å². The molecule has 0 aliphatic carbocycles. The zero-order chi connectivity index (χ0) is 17.8. The number of hydrogen-bond acceptors (Lipinski definition) is 4. The maximum atomic E-state index is 12.6. The molecule has 0 spiro atoms. The van der Waals surface area contributed by atoms with Gasteiger partial charge in [0.2, 0.25) is 0 Å². The van der Waals surface area contributed by atoms with Crippen LogP contribution in [-0.2, 0) is 4.79 Å². The minimum absolute atomic E-state index is 0.297. The molecular weight excluding hydrogens is 334 g/mol. The van der Waals surface area contributed by atoms with Crippen LogP contribution >= 0.6 is 11.8 Å². The van der Waals surface area contributed by atoms with Crippen LogP contribution in [0.15, 0.2) is 71.2 Å². The number of ether oxygens (including phenoxy) is 1. The summed E-state index contributed by atoms with van der Waals surface area (Å²) < 4.78 is 5.10. The Labute approximate surface area is 150 Å². The molecule has 1 fully saturated rings. The fourth-order valence-corrected chi connectivity index (χ4v) is 3.37. The van der Waals surface area contributed by atoms with Gasteiger partial charge < -0.3 is 4.74 Å². The third kappa shape index (κ3) is 3.83. The van der Waals surface area contributed by atoms with E-state index in [0.717, 1.165) is 22.9 Å². The molecule has 0 atom stereocenters. The van der Waals surface area contributed by atoms with Crippen molar-refractivity contribution < 1.29 is 14.3 Å². The number of imide groups is 1. The third-order valence-electron chi connectivity index (χ3n) is 3.68. The van der Waals surface area contributed by atoms with Gasteiger partial charge in [0, 0.05) is 0 Å². The Kier molecular flexibility index (Phi) is 5.05. The summed E-state index contributed by atoms with van der Waals surface area (Å²) in [5.41, 5.74) is 2.49. The molecule has 0 radical (unpaired) electrons. The van der Waals surface area contributed by atoms with Crippen LogP contribution in [-0.4, -0.2) is 18.3 Å². The van der Waals surface area contributed by atoms with Crippen LogP contribution in [0.3, 0.4) is 0 Å². The van der Waals surface area contributed by atoms with Gasteiger partial charge in [0.05, 0.1) is 17.7 Å². The Morgan fingerprint density at radius 1 is 1.04 bits per heavy atom. The van der Waals surface area contributed by atoms with Crippen molar-refractivity contribution in [3.8, 4) is 5.75 Å². The van der Waals surface area contributed by atoms with E-state index < -0.39 is 0 Å². The van der Waals surface area contributed by atoms with Crippen molar-refractivity contribution in [1.82, 2.24) is 0 Å². The zero-order valence-electron chi connectivity index (χ0n) is 13.9. The van der Waals surface area contributed by atoms with Crippen molar-refractivity contribution in [3.63, 3.8) is 0 Å². The number of carbonyl (C=O) groups excluding carboxylic acids is 2. The van der Waals surface area contributed by atoms with Gasteiger partial charge in [-0.3, -0.25) is 9.59 Å². The van der Waals surface area contributed by atoms with Gasteiger partial charge in [-0.1, -0.05) is 36.4 Å². The zero-order valence-corrected chi connectivity index (χ0v) is 14.7. The highest BCUT2D eigenvalue weighted by Gasteiger charge is 2.36. The Balaban J connectivity index is 1.84. The summed E-state index contributed by atoms with van der Waals surface area (Å²) in [7, 11) is 1.57. The molecule has 0 bridgehead atoms. The van der Waals surface area contributed by atoms with E-state index in [1.165, 1.54) is 4.90 Å². The van der Waals surface area contributed by atoms with Crippen LogP contribution < -0.4 is 9.64 Å². The Morgan fingerprint density at radius 2 is 1.72 bits per heavy atom. The first-order valence-electron chi connectivity index (χ1n) is 7.74. The molecule has 5 heteroatoms. The molecule has 1 aliphatic rings. The first-order valence-corrected chi connectivity index (χ1v) is 8.55. The van der Waals surface area contributed by atoms with E-state index in [-0.39, 0.29) is 11.1 Å². The van der Waals surface area contributed by atoms with Crippen molar-refractivity contribution in [2.75, 3.05) is 12.0 Å². The Bertz CT molecular complexity index is 854. The molecule has 0 unspecified atom stereocenters. The number of allylic oxidation sites excluding steroid dienone is 2. The van der Waals surface area contributed by atoms with Crippen molar-refractivity contribution in [2.24, 2.45) is 0 Å². The maximum absolute atomic E-state index is 12.6. The van der Waals surface area contributed by atoms with E-state index in [1.807, 2.05) is 43.3 Å². The maximum Gasteiger partial charge on any atom is 0.298 e. The summed E-state index contributed by atoms with van der Waals surface area (Å²) >= 11 is 0.952. The largest absolute Gasteiger partial charge is 0.497 e. The summed E-state index contributed by atoms with van der Waals surface area (Å²) in [4.78, 5) is 26.5. The normalized spacial score (nSPS) is 16.6. The fourth-order valence-electron chi connectivity index (χ4n) is 2.48. The number of amides is 2. The smallest absolute Gasteiger partial charge is 0.298 e. The number of carbonyl (C=O) groups is 2. The van der Waals surface area contributed by atoms with E-state index in [0.29, 0.717) is 16.3 Å². The molecule has 126 valence electrons. The molecular formula is C20H17NO3S.